The first-order chi connectivity index (χ1) is 8.15. The molecule has 0 unspecified atom stereocenters. The molecular formula is C13H12N2O2. The third kappa shape index (κ3) is 2.81. The Morgan fingerprint density at radius 1 is 1.12 bits per heavy atom. The fraction of sp³-hybridized carbons (Fsp3) is 0.0769. The van der Waals surface area contributed by atoms with Gasteiger partial charge in [0.25, 0.3) is 5.91 Å². The molecule has 0 aliphatic carbocycles. The summed E-state index contributed by atoms with van der Waals surface area (Å²) in [6.07, 6.45) is 3.58. The van der Waals surface area contributed by atoms with Crippen LogP contribution in [0.5, 0.6) is 0 Å². The van der Waals surface area contributed by atoms with E-state index in [0.717, 1.165) is 11.1 Å². The Morgan fingerprint density at radius 2 is 1.82 bits per heavy atom. The molecule has 1 aliphatic heterocycles. The van der Waals surface area contributed by atoms with Gasteiger partial charge in [-0.05, 0) is 24.1 Å². The Labute approximate surface area is 99.0 Å². The number of hydrogen-bond acceptors (Lipinski definition) is 2. The lowest BCUT2D eigenvalue weighted by molar-refractivity contribution is -0.115. The van der Waals surface area contributed by atoms with E-state index >= 15 is 0 Å². The van der Waals surface area contributed by atoms with Crippen LogP contribution in [0.2, 0.25) is 0 Å². The van der Waals surface area contributed by atoms with E-state index in [-0.39, 0.29) is 5.70 Å². The van der Waals surface area contributed by atoms with Gasteiger partial charge >= 0.3 is 6.03 Å². The lowest BCUT2D eigenvalue weighted by Gasteiger charge is -1.97. The minimum absolute atomic E-state index is 0.277. The van der Waals surface area contributed by atoms with Gasteiger partial charge in [0.15, 0.2) is 0 Å². The first kappa shape index (κ1) is 11.1. The predicted octanol–water partition coefficient (Wildman–Crippen LogP) is 1.81. The molecule has 1 aromatic carbocycles. The van der Waals surface area contributed by atoms with Gasteiger partial charge in [0.1, 0.15) is 5.70 Å². The molecular weight excluding hydrogens is 216 g/mol. The lowest BCUT2D eigenvalue weighted by Crippen LogP contribution is -2.22. The quantitative estimate of drug-likeness (QED) is 0.599. The van der Waals surface area contributed by atoms with Crippen LogP contribution in [0.25, 0.3) is 6.08 Å². The van der Waals surface area contributed by atoms with Gasteiger partial charge in [-0.15, -0.1) is 0 Å². The molecule has 0 radical (unpaired) electrons. The van der Waals surface area contributed by atoms with Crippen LogP contribution in [-0.4, -0.2) is 11.9 Å². The SMILES string of the molecule is CC(=C\c1ccccc1)/C=C1/NC(=O)NC1=O. The Hall–Kier alpha value is -2.36. The summed E-state index contributed by atoms with van der Waals surface area (Å²) in [6, 6.07) is 9.28. The first-order valence-corrected chi connectivity index (χ1v) is 5.22. The fourth-order valence-corrected chi connectivity index (χ4v) is 1.56. The number of urea groups is 1. The van der Waals surface area contributed by atoms with E-state index in [1.807, 2.05) is 43.3 Å². The maximum absolute atomic E-state index is 11.3. The topological polar surface area (TPSA) is 58.2 Å². The minimum Gasteiger partial charge on any atom is -0.303 e. The molecule has 0 bridgehead atoms. The molecule has 1 aliphatic rings. The predicted molar refractivity (Wildman–Crippen MR) is 64.9 cm³/mol. The van der Waals surface area contributed by atoms with Crippen molar-refractivity contribution in [3.05, 3.63) is 53.2 Å². The van der Waals surface area contributed by atoms with Crippen molar-refractivity contribution in [2.45, 2.75) is 6.92 Å². The number of benzene rings is 1. The second-order valence-electron chi connectivity index (χ2n) is 3.77. The van der Waals surface area contributed by atoms with Gasteiger partial charge in [-0.2, -0.15) is 0 Å². The standard InChI is InChI=1S/C13H12N2O2/c1-9(7-10-5-3-2-4-6-10)8-11-12(16)15-13(17)14-11/h2-8H,1H3,(H2,14,15,16,17)/b9-7+,11-8+. The summed E-state index contributed by atoms with van der Waals surface area (Å²) in [7, 11) is 0. The summed E-state index contributed by atoms with van der Waals surface area (Å²) in [5.74, 6) is -0.393. The smallest absolute Gasteiger partial charge is 0.303 e. The average Bonchev–Trinajstić information content (AvgIpc) is 2.58. The zero-order valence-electron chi connectivity index (χ0n) is 9.36. The van der Waals surface area contributed by atoms with E-state index in [0.29, 0.717) is 0 Å². The summed E-state index contributed by atoms with van der Waals surface area (Å²) in [4.78, 5) is 22.2. The summed E-state index contributed by atoms with van der Waals surface area (Å²) < 4.78 is 0. The van der Waals surface area contributed by atoms with Crippen molar-refractivity contribution < 1.29 is 9.59 Å². The van der Waals surface area contributed by atoms with Crippen LogP contribution in [0.4, 0.5) is 4.79 Å². The van der Waals surface area contributed by atoms with Gasteiger partial charge in [0.2, 0.25) is 0 Å². The van der Waals surface area contributed by atoms with Gasteiger partial charge in [0.05, 0.1) is 0 Å². The van der Waals surface area contributed by atoms with E-state index in [9.17, 15) is 9.59 Å². The number of nitrogens with one attached hydrogen (secondary N) is 2. The van der Waals surface area contributed by atoms with Crippen molar-refractivity contribution >= 4 is 18.0 Å². The molecule has 2 N–H and O–H groups in total. The third-order valence-corrected chi connectivity index (χ3v) is 2.29. The van der Waals surface area contributed by atoms with E-state index < -0.39 is 11.9 Å². The van der Waals surface area contributed by atoms with Crippen molar-refractivity contribution in [2.75, 3.05) is 0 Å². The van der Waals surface area contributed by atoms with Crippen molar-refractivity contribution in [3.8, 4) is 0 Å². The highest BCUT2D eigenvalue weighted by Gasteiger charge is 2.22. The van der Waals surface area contributed by atoms with Crippen LogP contribution in [0.3, 0.4) is 0 Å². The van der Waals surface area contributed by atoms with Gasteiger partial charge in [-0.3, -0.25) is 10.1 Å². The number of carbonyl (C=O) groups excluding carboxylic acids is 2. The van der Waals surface area contributed by atoms with E-state index in [2.05, 4.69) is 10.6 Å². The largest absolute Gasteiger partial charge is 0.326 e. The number of amides is 3. The molecule has 1 saturated heterocycles. The molecule has 1 fully saturated rings. The van der Waals surface area contributed by atoms with Crippen molar-refractivity contribution in [1.82, 2.24) is 10.6 Å². The summed E-state index contributed by atoms with van der Waals surface area (Å²) in [5, 5.41) is 4.59. The summed E-state index contributed by atoms with van der Waals surface area (Å²) >= 11 is 0. The Morgan fingerprint density at radius 3 is 2.41 bits per heavy atom. The van der Waals surface area contributed by atoms with Gasteiger partial charge in [-0.1, -0.05) is 36.4 Å². The zero-order chi connectivity index (χ0) is 12.3. The number of carbonyl (C=O) groups is 2. The lowest BCUT2D eigenvalue weighted by atomic mass is 10.1. The Kier molecular flexibility index (Phi) is 3.05. The van der Waals surface area contributed by atoms with Crippen LogP contribution >= 0.6 is 0 Å². The van der Waals surface area contributed by atoms with Gasteiger partial charge < -0.3 is 5.32 Å². The molecule has 0 atom stereocenters. The van der Waals surface area contributed by atoms with Gasteiger partial charge in [0, 0.05) is 0 Å². The molecule has 4 nitrogen and oxygen atoms in total. The second kappa shape index (κ2) is 4.65. The molecule has 17 heavy (non-hydrogen) atoms. The molecule has 86 valence electrons. The molecule has 4 heteroatoms. The van der Waals surface area contributed by atoms with Crippen LogP contribution in [-0.2, 0) is 4.79 Å². The normalized spacial score (nSPS) is 18.2. The van der Waals surface area contributed by atoms with E-state index in [4.69, 9.17) is 0 Å². The first-order valence-electron chi connectivity index (χ1n) is 5.22. The summed E-state index contributed by atoms with van der Waals surface area (Å²) in [6.45, 7) is 1.87. The molecule has 2 rings (SSSR count). The molecule has 3 amide bonds. The molecule has 1 heterocycles. The van der Waals surface area contributed by atoms with Gasteiger partial charge in [-0.25, -0.2) is 4.79 Å². The average molecular weight is 228 g/mol. The highest BCUT2D eigenvalue weighted by atomic mass is 16.2. The fourth-order valence-electron chi connectivity index (χ4n) is 1.56. The molecule has 1 aromatic rings. The van der Waals surface area contributed by atoms with Crippen LogP contribution < -0.4 is 10.6 Å². The highest BCUT2D eigenvalue weighted by molar-refractivity contribution is 6.11. The van der Waals surface area contributed by atoms with Crippen LogP contribution in [0, 0.1) is 0 Å². The number of hydrogen-bond donors (Lipinski definition) is 2. The zero-order valence-corrected chi connectivity index (χ0v) is 9.36. The maximum atomic E-state index is 11.3. The molecule has 0 spiro atoms. The third-order valence-electron chi connectivity index (χ3n) is 2.29. The van der Waals surface area contributed by atoms with Crippen molar-refractivity contribution in [2.24, 2.45) is 0 Å². The van der Waals surface area contributed by atoms with Crippen LogP contribution in [0.1, 0.15) is 12.5 Å². The van der Waals surface area contributed by atoms with Crippen molar-refractivity contribution in [3.63, 3.8) is 0 Å². The number of allylic oxidation sites excluding steroid dienone is 2. The second-order valence-corrected chi connectivity index (χ2v) is 3.77. The minimum atomic E-state index is -0.478. The Bertz CT molecular complexity index is 515. The Balaban J connectivity index is 2.19. The van der Waals surface area contributed by atoms with E-state index in [1.54, 1.807) is 6.08 Å². The summed E-state index contributed by atoms with van der Waals surface area (Å²) in [5.41, 5.74) is 2.22. The number of imide groups is 1. The molecule has 0 aromatic heterocycles. The van der Waals surface area contributed by atoms with Crippen molar-refractivity contribution in [1.29, 1.82) is 0 Å². The maximum Gasteiger partial charge on any atom is 0.326 e. The monoisotopic (exact) mass is 228 g/mol. The van der Waals surface area contributed by atoms with E-state index in [1.165, 1.54) is 0 Å². The highest BCUT2D eigenvalue weighted by Crippen LogP contribution is 2.09. The molecule has 0 saturated carbocycles. The number of rotatable bonds is 2. The van der Waals surface area contributed by atoms with Crippen LogP contribution in [0.15, 0.2) is 47.7 Å².